The van der Waals surface area contributed by atoms with Gasteiger partial charge in [-0.15, -0.1) is 12.4 Å². The second-order valence-corrected chi connectivity index (χ2v) is 13.3. The number of nitrogens with two attached hydrogens (primary N) is 1. The molecule has 0 radical (unpaired) electrons. The van der Waals surface area contributed by atoms with Crippen LogP contribution in [0.25, 0.3) is 0 Å². The van der Waals surface area contributed by atoms with Crippen molar-refractivity contribution >= 4 is 50.5 Å². The summed E-state index contributed by atoms with van der Waals surface area (Å²) in [7, 11) is -1.57. The van der Waals surface area contributed by atoms with Crippen LogP contribution in [0.1, 0.15) is 33.8 Å². The Morgan fingerprint density at radius 2 is 1.74 bits per heavy atom. The summed E-state index contributed by atoms with van der Waals surface area (Å²) in [5, 5.41) is 3.52. The smallest absolute Gasteiger partial charge is 0.244 e. The number of nitrogens with one attached hydrogen (secondary N) is 1. The van der Waals surface area contributed by atoms with Crippen molar-refractivity contribution in [1.29, 1.82) is 0 Å². The number of pyridine rings is 1. The summed E-state index contributed by atoms with van der Waals surface area (Å²) in [5.74, 6) is -2.93. The Morgan fingerprint density at radius 1 is 1.07 bits per heavy atom. The second kappa shape index (κ2) is 13.7. The molecule has 4 heterocycles. The van der Waals surface area contributed by atoms with Gasteiger partial charge in [-0.25, -0.2) is 22.2 Å². The fraction of sp³-hybridized carbons (Fsp3) is 0.444. The van der Waals surface area contributed by atoms with Crippen LogP contribution in [0.4, 0.5) is 19.7 Å². The quantitative estimate of drug-likeness (QED) is 0.339. The molecule has 2 aromatic heterocycles. The van der Waals surface area contributed by atoms with Gasteiger partial charge in [0.1, 0.15) is 27.2 Å². The number of aromatic nitrogens is 2. The van der Waals surface area contributed by atoms with E-state index in [9.17, 15) is 22.0 Å². The van der Waals surface area contributed by atoms with Crippen LogP contribution < -0.4 is 11.1 Å². The van der Waals surface area contributed by atoms with Gasteiger partial charge in [-0.05, 0) is 44.2 Å². The molecule has 3 aromatic rings. The van der Waals surface area contributed by atoms with Crippen LogP contribution in [0, 0.1) is 11.6 Å². The summed E-state index contributed by atoms with van der Waals surface area (Å²) in [6.45, 7) is 5.62. The Labute approximate surface area is 254 Å². The van der Waals surface area contributed by atoms with Crippen LogP contribution in [0.5, 0.6) is 0 Å². The number of hydrogen-bond acceptors (Lipinski definition) is 10. The number of halogens is 3. The lowest BCUT2D eigenvalue weighted by atomic mass is 10.1. The minimum Gasteiger partial charge on any atom is -0.382 e. The predicted octanol–water partition coefficient (Wildman–Crippen LogP) is 3.11. The minimum absolute atomic E-state index is 0. The van der Waals surface area contributed by atoms with E-state index in [1.54, 1.807) is 12.1 Å². The Hall–Kier alpha value is -2.75. The summed E-state index contributed by atoms with van der Waals surface area (Å²) in [5.41, 5.74) is 6.09. The van der Waals surface area contributed by atoms with E-state index in [1.165, 1.54) is 16.6 Å². The van der Waals surface area contributed by atoms with E-state index in [2.05, 4.69) is 32.1 Å². The lowest BCUT2D eigenvalue weighted by molar-refractivity contribution is 0.103. The molecular weight excluding hydrogens is 608 g/mol. The van der Waals surface area contributed by atoms with Crippen molar-refractivity contribution in [1.82, 2.24) is 24.1 Å². The number of rotatable bonds is 9. The molecule has 15 heteroatoms. The zero-order valence-electron chi connectivity index (χ0n) is 23.1. The van der Waals surface area contributed by atoms with Gasteiger partial charge in [0, 0.05) is 70.2 Å². The van der Waals surface area contributed by atoms with Gasteiger partial charge in [0.25, 0.3) is 0 Å². The van der Waals surface area contributed by atoms with Gasteiger partial charge in [-0.2, -0.15) is 4.31 Å². The molecule has 2 saturated heterocycles. The SMILES string of the molecule is CN1CCN(CCc2ccc(S(=O)(=O)N3CCC(Nc4nc(N)c(C(=O)c5c(F)cccc5F)s4)CC3)cn2)CC1.Cl. The maximum atomic E-state index is 14.1. The number of piperidine rings is 1. The predicted molar refractivity (Wildman–Crippen MR) is 161 cm³/mol. The standard InChI is InChI=1S/C27H33F2N7O3S2.ClH/c1-34-13-15-35(16-14-34)10-7-18-5-6-20(17-31-18)41(38,39)36-11-8-19(9-12-36)32-27-33-26(30)25(40-27)24(37)23-21(28)3-2-4-22(23)29;/h2-6,17,19H,7-16,30H2,1H3,(H,32,33);1H. The van der Waals surface area contributed by atoms with Gasteiger partial charge in [0.15, 0.2) is 5.13 Å². The number of benzene rings is 1. The summed E-state index contributed by atoms with van der Waals surface area (Å²) < 4.78 is 56.1. The van der Waals surface area contributed by atoms with Crippen LogP contribution >= 0.6 is 23.7 Å². The third-order valence-corrected chi connectivity index (χ3v) is 10.4. The zero-order chi connectivity index (χ0) is 29.1. The molecule has 10 nitrogen and oxygen atoms in total. The molecule has 0 bridgehead atoms. The van der Waals surface area contributed by atoms with E-state index in [1.807, 2.05) is 0 Å². The molecule has 5 rings (SSSR count). The average molecular weight is 642 g/mol. The first kappa shape index (κ1) is 32.2. The molecule has 0 unspecified atom stereocenters. The molecule has 3 N–H and O–H groups in total. The van der Waals surface area contributed by atoms with Crippen LogP contribution in [0.2, 0.25) is 0 Å². The molecule has 2 aliphatic heterocycles. The minimum atomic E-state index is -3.69. The van der Waals surface area contributed by atoms with Gasteiger partial charge in [0.05, 0.1) is 5.56 Å². The van der Waals surface area contributed by atoms with Crippen molar-refractivity contribution in [3.63, 3.8) is 0 Å². The molecule has 0 atom stereocenters. The highest BCUT2D eigenvalue weighted by molar-refractivity contribution is 7.89. The number of likely N-dealkylation sites (N-methyl/N-ethyl adjacent to an activating group) is 1. The Bertz CT molecular complexity index is 1470. The van der Waals surface area contributed by atoms with Crippen molar-refractivity contribution in [3.8, 4) is 0 Å². The number of sulfonamides is 1. The Morgan fingerprint density at radius 3 is 2.36 bits per heavy atom. The third-order valence-electron chi connectivity index (χ3n) is 7.55. The van der Waals surface area contributed by atoms with Crippen LogP contribution in [-0.4, -0.2) is 97.2 Å². The molecule has 0 aliphatic carbocycles. The normalized spacial score (nSPS) is 17.6. The molecule has 42 heavy (non-hydrogen) atoms. The van der Waals surface area contributed by atoms with Crippen molar-refractivity contribution in [2.24, 2.45) is 0 Å². The van der Waals surface area contributed by atoms with E-state index >= 15 is 0 Å². The first-order chi connectivity index (χ1) is 19.6. The first-order valence-electron chi connectivity index (χ1n) is 13.5. The number of anilines is 2. The zero-order valence-corrected chi connectivity index (χ0v) is 25.6. The van der Waals surface area contributed by atoms with Crippen molar-refractivity contribution in [2.45, 2.75) is 30.2 Å². The first-order valence-corrected chi connectivity index (χ1v) is 15.7. The second-order valence-electron chi connectivity index (χ2n) is 10.4. The fourth-order valence-corrected chi connectivity index (χ4v) is 7.33. The monoisotopic (exact) mass is 641 g/mol. The molecule has 2 aliphatic rings. The Balaban J connectivity index is 0.00000405. The van der Waals surface area contributed by atoms with Crippen molar-refractivity contribution < 1.29 is 22.0 Å². The van der Waals surface area contributed by atoms with Gasteiger partial charge in [0.2, 0.25) is 15.8 Å². The van der Waals surface area contributed by atoms with Crippen molar-refractivity contribution in [3.05, 3.63) is 64.3 Å². The number of ketones is 1. The lowest BCUT2D eigenvalue weighted by Crippen LogP contribution is -2.45. The maximum absolute atomic E-state index is 14.1. The maximum Gasteiger partial charge on any atom is 0.244 e. The molecule has 1 aromatic carbocycles. The van der Waals surface area contributed by atoms with Gasteiger partial charge < -0.3 is 20.9 Å². The van der Waals surface area contributed by atoms with E-state index in [4.69, 9.17) is 5.73 Å². The number of nitrogens with zero attached hydrogens (tertiary/aromatic N) is 5. The highest BCUT2D eigenvalue weighted by atomic mass is 35.5. The molecule has 0 saturated carbocycles. The average Bonchev–Trinajstić information content (AvgIpc) is 3.32. The molecular formula is C27H34ClF2N7O3S2. The van der Waals surface area contributed by atoms with Gasteiger partial charge in [-0.3, -0.25) is 9.78 Å². The van der Waals surface area contributed by atoms with E-state index in [0.29, 0.717) is 18.0 Å². The molecule has 0 spiro atoms. The van der Waals surface area contributed by atoms with Crippen LogP contribution in [-0.2, 0) is 16.4 Å². The fourth-order valence-electron chi connectivity index (χ4n) is 5.00. The lowest BCUT2D eigenvalue weighted by Gasteiger charge is -2.32. The molecule has 228 valence electrons. The molecule has 2 fully saturated rings. The Kier molecular flexibility index (Phi) is 10.5. The third kappa shape index (κ3) is 7.24. The summed E-state index contributed by atoms with van der Waals surface area (Å²) in [4.78, 5) is 26.1. The van der Waals surface area contributed by atoms with E-state index in [0.717, 1.165) is 68.3 Å². The largest absolute Gasteiger partial charge is 0.382 e. The van der Waals surface area contributed by atoms with Gasteiger partial charge >= 0.3 is 0 Å². The van der Waals surface area contributed by atoms with E-state index in [-0.39, 0.29) is 47.1 Å². The highest BCUT2D eigenvalue weighted by Crippen LogP contribution is 2.31. The van der Waals surface area contributed by atoms with Crippen LogP contribution in [0.15, 0.2) is 41.4 Å². The van der Waals surface area contributed by atoms with Crippen LogP contribution in [0.3, 0.4) is 0 Å². The molecule has 0 amide bonds. The van der Waals surface area contributed by atoms with E-state index < -0.39 is 33.0 Å². The highest BCUT2D eigenvalue weighted by Gasteiger charge is 2.31. The topological polar surface area (TPSA) is 125 Å². The number of piperazine rings is 1. The number of carbonyl (C=O) groups is 1. The summed E-state index contributed by atoms with van der Waals surface area (Å²) in [6.07, 6.45) is 3.21. The van der Waals surface area contributed by atoms with Crippen molar-refractivity contribution in [2.75, 3.05) is 63.9 Å². The van der Waals surface area contributed by atoms with Gasteiger partial charge in [-0.1, -0.05) is 17.4 Å². The summed E-state index contributed by atoms with van der Waals surface area (Å²) in [6, 6.07) is 6.50. The number of nitrogen functional groups attached to an aromatic ring is 1. The number of carbonyl (C=O) groups excluding carboxylic acids is 1. The number of hydrogen-bond donors (Lipinski definition) is 2. The summed E-state index contributed by atoms with van der Waals surface area (Å²) >= 11 is 0.916. The number of thiazole rings is 1.